The summed E-state index contributed by atoms with van der Waals surface area (Å²) in [5.74, 6) is -1.56. The molecule has 0 bridgehead atoms. The van der Waals surface area contributed by atoms with E-state index >= 15 is 0 Å². The van der Waals surface area contributed by atoms with E-state index in [0.717, 1.165) is 5.06 Å². The Bertz CT molecular complexity index is 452. The Labute approximate surface area is 112 Å². The molecule has 0 spiro atoms. The second-order valence-corrected chi connectivity index (χ2v) is 5.76. The maximum atomic E-state index is 10.7. The van der Waals surface area contributed by atoms with Crippen molar-refractivity contribution in [3.63, 3.8) is 0 Å². The fraction of sp³-hybridized carbons (Fsp3) is 0.538. The molecule has 0 amide bonds. The van der Waals surface area contributed by atoms with Crippen LogP contribution in [-0.2, 0) is 10.5 Å². The molecule has 1 aliphatic rings. The third kappa shape index (κ3) is 2.15. The first kappa shape index (κ1) is 13.8. The summed E-state index contributed by atoms with van der Waals surface area (Å²) in [6, 6.07) is 6.24. The van der Waals surface area contributed by atoms with Gasteiger partial charge in [0.05, 0.1) is 18.2 Å². The van der Waals surface area contributed by atoms with Gasteiger partial charge in [0.15, 0.2) is 0 Å². The van der Waals surface area contributed by atoms with E-state index in [-0.39, 0.29) is 6.61 Å². The Morgan fingerprint density at radius 2 is 2.11 bits per heavy atom. The van der Waals surface area contributed by atoms with E-state index in [4.69, 9.17) is 16.3 Å². The number of aliphatic hydroxyl groups is 1. The molecule has 2 atom stereocenters. The summed E-state index contributed by atoms with van der Waals surface area (Å²) >= 11 is 5.92. The molecule has 1 aromatic rings. The van der Waals surface area contributed by atoms with Crippen LogP contribution < -0.4 is 0 Å². The van der Waals surface area contributed by atoms with Gasteiger partial charge in [-0.05, 0) is 32.9 Å². The van der Waals surface area contributed by atoms with Gasteiger partial charge in [-0.25, -0.2) is 0 Å². The van der Waals surface area contributed by atoms with Gasteiger partial charge in [0.2, 0.25) is 5.79 Å². The van der Waals surface area contributed by atoms with E-state index in [1.54, 1.807) is 31.2 Å². The SMILES string of the molecule is C[C@H]1N(O)C(C)(C)CO[C@]1(O)c1cccc(Cl)c1. The molecule has 5 heteroatoms. The van der Waals surface area contributed by atoms with Crippen molar-refractivity contribution < 1.29 is 15.1 Å². The number of morpholine rings is 1. The molecule has 4 nitrogen and oxygen atoms in total. The van der Waals surface area contributed by atoms with Crippen LogP contribution in [0.25, 0.3) is 0 Å². The Hall–Kier alpha value is -0.650. The first-order valence-corrected chi connectivity index (χ1v) is 6.26. The summed E-state index contributed by atoms with van der Waals surface area (Å²) in [5.41, 5.74) is 0.00146. The van der Waals surface area contributed by atoms with Crippen LogP contribution >= 0.6 is 11.6 Å². The Balaban J connectivity index is 2.38. The lowest BCUT2D eigenvalue weighted by atomic mass is 9.92. The molecule has 1 saturated heterocycles. The minimum absolute atomic E-state index is 0.219. The number of rotatable bonds is 1. The van der Waals surface area contributed by atoms with Crippen molar-refractivity contribution in [3.8, 4) is 0 Å². The highest BCUT2D eigenvalue weighted by Crippen LogP contribution is 2.38. The molecule has 1 aliphatic heterocycles. The largest absolute Gasteiger partial charge is 0.361 e. The maximum Gasteiger partial charge on any atom is 0.210 e. The van der Waals surface area contributed by atoms with Crippen molar-refractivity contribution in [2.24, 2.45) is 0 Å². The van der Waals surface area contributed by atoms with Crippen molar-refractivity contribution in [2.75, 3.05) is 6.61 Å². The highest BCUT2D eigenvalue weighted by Gasteiger charge is 2.50. The zero-order valence-corrected chi connectivity index (χ0v) is 11.5. The van der Waals surface area contributed by atoms with Gasteiger partial charge in [0.25, 0.3) is 0 Å². The molecule has 0 aromatic heterocycles. The predicted molar refractivity (Wildman–Crippen MR) is 68.5 cm³/mol. The van der Waals surface area contributed by atoms with Crippen LogP contribution in [0.15, 0.2) is 24.3 Å². The number of halogens is 1. The molecule has 2 N–H and O–H groups in total. The summed E-state index contributed by atoms with van der Waals surface area (Å²) in [4.78, 5) is 0. The Morgan fingerprint density at radius 1 is 1.44 bits per heavy atom. The van der Waals surface area contributed by atoms with Crippen molar-refractivity contribution in [1.82, 2.24) is 5.06 Å². The summed E-state index contributed by atoms with van der Waals surface area (Å²) in [6.45, 7) is 5.63. The number of hydrogen-bond acceptors (Lipinski definition) is 4. The van der Waals surface area contributed by atoms with Crippen molar-refractivity contribution in [2.45, 2.75) is 38.1 Å². The lowest BCUT2D eigenvalue weighted by Gasteiger charge is -2.50. The average Bonchev–Trinajstić information content (AvgIpc) is 2.32. The van der Waals surface area contributed by atoms with Crippen LogP contribution in [0, 0.1) is 0 Å². The van der Waals surface area contributed by atoms with Gasteiger partial charge in [-0.3, -0.25) is 0 Å². The summed E-state index contributed by atoms with van der Waals surface area (Å²) in [5, 5.41) is 22.4. The van der Waals surface area contributed by atoms with E-state index in [1.165, 1.54) is 0 Å². The van der Waals surface area contributed by atoms with Crippen LogP contribution in [0.4, 0.5) is 0 Å². The second kappa shape index (κ2) is 4.47. The molecule has 2 rings (SSSR count). The minimum atomic E-state index is -1.56. The second-order valence-electron chi connectivity index (χ2n) is 5.33. The van der Waals surface area contributed by atoms with Gasteiger partial charge >= 0.3 is 0 Å². The van der Waals surface area contributed by atoms with E-state index < -0.39 is 17.4 Å². The van der Waals surface area contributed by atoms with Gasteiger partial charge in [-0.15, -0.1) is 0 Å². The number of nitrogens with zero attached hydrogens (tertiary/aromatic N) is 1. The van der Waals surface area contributed by atoms with Crippen molar-refractivity contribution in [1.29, 1.82) is 0 Å². The minimum Gasteiger partial charge on any atom is -0.361 e. The summed E-state index contributed by atoms with van der Waals surface area (Å²) < 4.78 is 5.60. The number of hydrogen-bond donors (Lipinski definition) is 2. The third-order valence-corrected chi connectivity index (χ3v) is 3.67. The average molecular weight is 272 g/mol. The molecular weight excluding hydrogens is 254 g/mol. The standard InChI is InChI=1S/C13H18ClNO3/c1-9-13(16,10-5-4-6-11(14)7-10)18-8-12(2,3)15(9)17/h4-7,9,16-17H,8H2,1-3H3/t9-,13+/m1/s1. The first-order chi connectivity index (χ1) is 8.27. The molecule has 0 aliphatic carbocycles. The highest BCUT2D eigenvalue weighted by atomic mass is 35.5. The molecule has 100 valence electrons. The molecule has 0 radical (unpaired) electrons. The van der Waals surface area contributed by atoms with Gasteiger partial charge in [-0.1, -0.05) is 23.7 Å². The number of benzene rings is 1. The van der Waals surface area contributed by atoms with Crippen LogP contribution in [0.1, 0.15) is 26.3 Å². The third-order valence-electron chi connectivity index (χ3n) is 3.44. The predicted octanol–water partition coefficient (Wildman–Crippen LogP) is 2.37. The highest BCUT2D eigenvalue weighted by molar-refractivity contribution is 6.30. The van der Waals surface area contributed by atoms with Gasteiger partial charge in [-0.2, -0.15) is 5.06 Å². The first-order valence-electron chi connectivity index (χ1n) is 5.88. The molecule has 0 saturated carbocycles. The van der Waals surface area contributed by atoms with Gasteiger partial charge in [0, 0.05) is 10.6 Å². The lowest BCUT2D eigenvalue weighted by molar-refractivity contribution is -0.363. The quantitative estimate of drug-likeness (QED) is 0.823. The molecular formula is C13H18ClNO3. The monoisotopic (exact) mass is 271 g/mol. The Morgan fingerprint density at radius 3 is 2.72 bits per heavy atom. The molecule has 1 heterocycles. The van der Waals surface area contributed by atoms with Crippen LogP contribution in [0.5, 0.6) is 0 Å². The normalized spacial score (nSPS) is 32.4. The molecule has 18 heavy (non-hydrogen) atoms. The lowest BCUT2D eigenvalue weighted by Crippen LogP contribution is -2.63. The smallest absolute Gasteiger partial charge is 0.210 e. The summed E-state index contributed by atoms with van der Waals surface area (Å²) in [6.07, 6.45) is 0. The topological polar surface area (TPSA) is 52.9 Å². The van der Waals surface area contributed by atoms with E-state index in [2.05, 4.69) is 0 Å². The van der Waals surface area contributed by atoms with E-state index in [0.29, 0.717) is 10.6 Å². The van der Waals surface area contributed by atoms with Crippen molar-refractivity contribution >= 4 is 11.6 Å². The molecule has 0 unspecified atom stereocenters. The van der Waals surface area contributed by atoms with Crippen molar-refractivity contribution in [3.05, 3.63) is 34.9 Å². The van der Waals surface area contributed by atoms with E-state index in [1.807, 2.05) is 13.8 Å². The maximum absolute atomic E-state index is 10.7. The van der Waals surface area contributed by atoms with Gasteiger partial charge in [0.1, 0.15) is 0 Å². The fourth-order valence-corrected chi connectivity index (χ4v) is 2.39. The van der Waals surface area contributed by atoms with Crippen LogP contribution in [0.3, 0.4) is 0 Å². The Kier molecular flexibility index (Phi) is 3.42. The number of ether oxygens (including phenoxy) is 1. The summed E-state index contributed by atoms with van der Waals surface area (Å²) in [7, 11) is 0. The fourth-order valence-electron chi connectivity index (χ4n) is 2.20. The molecule has 1 aromatic carbocycles. The zero-order valence-electron chi connectivity index (χ0n) is 10.7. The molecule has 1 fully saturated rings. The van der Waals surface area contributed by atoms with Crippen LogP contribution in [-0.4, -0.2) is 33.6 Å². The van der Waals surface area contributed by atoms with E-state index in [9.17, 15) is 10.3 Å². The zero-order chi connectivity index (χ0) is 13.6. The number of hydroxylamine groups is 2. The van der Waals surface area contributed by atoms with Gasteiger partial charge < -0.3 is 15.1 Å². The van der Waals surface area contributed by atoms with Crippen LogP contribution in [0.2, 0.25) is 5.02 Å².